The summed E-state index contributed by atoms with van der Waals surface area (Å²) in [4.78, 5) is 10.4. The highest BCUT2D eigenvalue weighted by molar-refractivity contribution is 7.15. The number of rotatable bonds is 6. The summed E-state index contributed by atoms with van der Waals surface area (Å²) in [5, 5.41) is 10.4. The summed E-state index contributed by atoms with van der Waals surface area (Å²) < 4.78 is 5.14. The Hall–Kier alpha value is -0.690. The Balaban J connectivity index is 1.99. The Kier molecular flexibility index (Phi) is 5.77. The van der Waals surface area contributed by atoms with Crippen LogP contribution in [0.3, 0.4) is 0 Å². The van der Waals surface area contributed by atoms with Crippen LogP contribution in [0.2, 0.25) is 0 Å². The molecule has 5 nitrogen and oxygen atoms in total. The van der Waals surface area contributed by atoms with Gasteiger partial charge in [0, 0.05) is 39.3 Å². The van der Waals surface area contributed by atoms with E-state index < -0.39 is 0 Å². The maximum absolute atomic E-state index is 9.39. The Labute approximate surface area is 125 Å². The van der Waals surface area contributed by atoms with E-state index in [9.17, 15) is 5.11 Å². The first kappa shape index (κ1) is 15.7. The number of hydrogen-bond acceptors (Lipinski definition) is 6. The molecule has 2 heterocycles. The average Bonchev–Trinajstić information content (AvgIpc) is 2.90. The molecule has 0 saturated carbocycles. The van der Waals surface area contributed by atoms with Crippen LogP contribution in [-0.4, -0.2) is 54.3 Å². The highest BCUT2D eigenvalue weighted by Crippen LogP contribution is 2.28. The average molecular weight is 299 g/mol. The fourth-order valence-corrected chi connectivity index (χ4v) is 3.47. The predicted octanol–water partition coefficient (Wildman–Crippen LogP) is 1.70. The number of thiazole rings is 1. The molecule has 1 aromatic rings. The zero-order valence-corrected chi connectivity index (χ0v) is 13.4. The van der Waals surface area contributed by atoms with Crippen molar-refractivity contribution in [3.8, 4) is 0 Å². The lowest BCUT2D eigenvalue weighted by Gasteiger charge is -2.37. The summed E-state index contributed by atoms with van der Waals surface area (Å²) in [5.74, 6) is 0. The molecule has 0 aliphatic carbocycles. The molecular weight excluding hydrogens is 274 g/mol. The number of aliphatic hydroxyl groups excluding tert-OH is 1. The number of hydrogen-bond donors (Lipinski definition) is 1. The number of nitrogens with zero attached hydrogens (tertiary/aromatic N) is 3. The van der Waals surface area contributed by atoms with Crippen molar-refractivity contribution in [3.05, 3.63) is 10.6 Å². The standard InChI is InChI=1S/C14H25N3O2S/c1-4-11(2)16-5-7-17(8-6-16)14-15-12(10-19-3)13(9-18)20-14/h11,18H,4-10H2,1-3H3. The topological polar surface area (TPSA) is 48.8 Å². The predicted molar refractivity (Wildman–Crippen MR) is 82.3 cm³/mol. The Morgan fingerprint density at radius 2 is 2.05 bits per heavy atom. The minimum Gasteiger partial charge on any atom is -0.391 e. The number of anilines is 1. The molecule has 1 atom stereocenters. The fraction of sp³-hybridized carbons (Fsp3) is 0.786. The second-order valence-electron chi connectivity index (χ2n) is 5.24. The van der Waals surface area contributed by atoms with Gasteiger partial charge in [0.1, 0.15) is 0 Å². The van der Waals surface area contributed by atoms with Crippen LogP contribution in [0.15, 0.2) is 0 Å². The third kappa shape index (κ3) is 3.49. The Morgan fingerprint density at radius 1 is 1.35 bits per heavy atom. The van der Waals surface area contributed by atoms with E-state index in [-0.39, 0.29) is 6.61 Å². The van der Waals surface area contributed by atoms with Crippen molar-refractivity contribution in [1.82, 2.24) is 9.88 Å². The smallest absolute Gasteiger partial charge is 0.186 e. The number of aliphatic hydroxyl groups is 1. The third-order valence-corrected chi connectivity index (χ3v) is 5.13. The molecule has 0 spiro atoms. The molecular formula is C14H25N3O2S. The Bertz CT molecular complexity index is 417. The van der Waals surface area contributed by atoms with Gasteiger partial charge in [-0.05, 0) is 13.3 Å². The third-order valence-electron chi connectivity index (χ3n) is 3.99. The van der Waals surface area contributed by atoms with E-state index in [1.165, 1.54) is 6.42 Å². The molecule has 0 amide bonds. The second-order valence-corrected chi connectivity index (χ2v) is 6.30. The second kappa shape index (κ2) is 7.36. The van der Waals surface area contributed by atoms with Gasteiger partial charge in [-0.15, -0.1) is 0 Å². The van der Waals surface area contributed by atoms with Gasteiger partial charge < -0.3 is 14.7 Å². The van der Waals surface area contributed by atoms with E-state index in [2.05, 4.69) is 28.6 Å². The minimum absolute atomic E-state index is 0.0448. The van der Waals surface area contributed by atoms with Crippen molar-refractivity contribution in [2.45, 2.75) is 39.5 Å². The SMILES string of the molecule is CCC(C)N1CCN(c2nc(COC)c(CO)s2)CC1. The van der Waals surface area contributed by atoms with Crippen molar-refractivity contribution < 1.29 is 9.84 Å². The minimum atomic E-state index is 0.0448. The molecule has 1 unspecified atom stereocenters. The van der Waals surface area contributed by atoms with Crippen molar-refractivity contribution in [2.24, 2.45) is 0 Å². The molecule has 114 valence electrons. The quantitative estimate of drug-likeness (QED) is 0.866. The van der Waals surface area contributed by atoms with Gasteiger partial charge in [0.15, 0.2) is 5.13 Å². The maximum Gasteiger partial charge on any atom is 0.186 e. The zero-order valence-electron chi connectivity index (χ0n) is 12.6. The zero-order chi connectivity index (χ0) is 14.5. The summed E-state index contributed by atoms with van der Waals surface area (Å²) in [5.41, 5.74) is 0.874. The van der Waals surface area contributed by atoms with Crippen LogP contribution in [-0.2, 0) is 18.0 Å². The molecule has 1 saturated heterocycles. The van der Waals surface area contributed by atoms with E-state index in [0.717, 1.165) is 41.9 Å². The van der Waals surface area contributed by atoms with Gasteiger partial charge in [0.05, 0.1) is 23.8 Å². The van der Waals surface area contributed by atoms with Crippen LogP contribution in [0.25, 0.3) is 0 Å². The molecule has 1 fully saturated rings. The molecule has 20 heavy (non-hydrogen) atoms. The first-order chi connectivity index (χ1) is 9.69. The maximum atomic E-state index is 9.39. The molecule has 1 aliphatic heterocycles. The molecule has 2 rings (SSSR count). The van der Waals surface area contributed by atoms with Crippen LogP contribution >= 0.6 is 11.3 Å². The summed E-state index contributed by atoms with van der Waals surface area (Å²) in [6.45, 7) is 9.24. The van der Waals surface area contributed by atoms with Gasteiger partial charge in [-0.1, -0.05) is 18.3 Å². The van der Waals surface area contributed by atoms with E-state index in [1.807, 2.05) is 0 Å². The number of methoxy groups -OCH3 is 1. The molecule has 0 radical (unpaired) electrons. The first-order valence-corrected chi connectivity index (χ1v) is 8.08. The monoisotopic (exact) mass is 299 g/mol. The van der Waals surface area contributed by atoms with E-state index in [4.69, 9.17) is 4.74 Å². The van der Waals surface area contributed by atoms with Crippen molar-refractivity contribution in [2.75, 3.05) is 38.2 Å². The number of piperazine rings is 1. The lowest BCUT2D eigenvalue weighted by atomic mass is 10.2. The van der Waals surface area contributed by atoms with Crippen LogP contribution in [0.1, 0.15) is 30.8 Å². The molecule has 1 aromatic heterocycles. The molecule has 1 aliphatic rings. The van der Waals surface area contributed by atoms with Crippen LogP contribution in [0.4, 0.5) is 5.13 Å². The lowest BCUT2D eigenvalue weighted by molar-refractivity contribution is 0.178. The molecule has 0 aromatic carbocycles. The molecule has 0 bridgehead atoms. The van der Waals surface area contributed by atoms with Crippen molar-refractivity contribution in [1.29, 1.82) is 0 Å². The largest absolute Gasteiger partial charge is 0.391 e. The van der Waals surface area contributed by atoms with E-state index in [1.54, 1.807) is 18.4 Å². The van der Waals surface area contributed by atoms with Crippen LogP contribution in [0.5, 0.6) is 0 Å². The summed E-state index contributed by atoms with van der Waals surface area (Å²) >= 11 is 1.59. The first-order valence-electron chi connectivity index (χ1n) is 7.27. The van der Waals surface area contributed by atoms with E-state index >= 15 is 0 Å². The van der Waals surface area contributed by atoms with Gasteiger partial charge in [-0.3, -0.25) is 4.90 Å². The van der Waals surface area contributed by atoms with Crippen LogP contribution < -0.4 is 4.90 Å². The lowest BCUT2D eigenvalue weighted by Crippen LogP contribution is -2.49. The normalized spacial score (nSPS) is 18.5. The van der Waals surface area contributed by atoms with Gasteiger partial charge in [-0.25, -0.2) is 4.98 Å². The summed E-state index contributed by atoms with van der Waals surface area (Å²) in [7, 11) is 1.66. The number of ether oxygens (including phenoxy) is 1. The summed E-state index contributed by atoms with van der Waals surface area (Å²) in [6.07, 6.45) is 1.20. The van der Waals surface area contributed by atoms with Crippen LogP contribution in [0, 0.1) is 0 Å². The Morgan fingerprint density at radius 3 is 2.60 bits per heavy atom. The highest BCUT2D eigenvalue weighted by Gasteiger charge is 2.23. The van der Waals surface area contributed by atoms with Gasteiger partial charge in [-0.2, -0.15) is 0 Å². The highest BCUT2D eigenvalue weighted by atomic mass is 32.1. The van der Waals surface area contributed by atoms with Gasteiger partial charge in [0.2, 0.25) is 0 Å². The van der Waals surface area contributed by atoms with Crippen molar-refractivity contribution in [3.63, 3.8) is 0 Å². The molecule has 6 heteroatoms. The fourth-order valence-electron chi connectivity index (χ4n) is 2.49. The van der Waals surface area contributed by atoms with Crippen molar-refractivity contribution >= 4 is 16.5 Å². The van der Waals surface area contributed by atoms with Gasteiger partial charge >= 0.3 is 0 Å². The summed E-state index contributed by atoms with van der Waals surface area (Å²) in [6, 6.07) is 0.658. The van der Waals surface area contributed by atoms with Gasteiger partial charge in [0.25, 0.3) is 0 Å². The number of aromatic nitrogens is 1. The van der Waals surface area contributed by atoms with E-state index in [0.29, 0.717) is 12.6 Å². The molecule has 1 N–H and O–H groups in total.